The quantitative estimate of drug-likeness (QED) is 0.526. The van der Waals surface area contributed by atoms with Crippen LogP contribution in [0.3, 0.4) is 0 Å². The van der Waals surface area contributed by atoms with E-state index in [4.69, 9.17) is 9.72 Å². The number of hydrogen-bond acceptors (Lipinski definition) is 4. The van der Waals surface area contributed by atoms with E-state index >= 15 is 0 Å². The largest absolute Gasteiger partial charge is 0.368 e. The topological polar surface area (TPSA) is 71.1 Å². The standard InChI is InChI=1S/C26H26N4O2/c1-17-8-9-22-21(12-17)25(29-28-22)26(31)30-10-11-32-24(16-30)23-15-20(13-18(2)27-23)14-19-6-4-3-5-7-19/h3-9,12-13,15,24H,10-11,14,16H2,1-2H3,(H,28,29)/t24-/m1/s1. The first-order chi connectivity index (χ1) is 15.6. The SMILES string of the molecule is Cc1ccc2[nH]nc(C(=O)N3CCO[C@@H](c4cc(Cc5ccccc5)cc(C)n4)C3)c2c1. The summed E-state index contributed by atoms with van der Waals surface area (Å²) >= 11 is 0. The molecule has 1 saturated heterocycles. The molecule has 1 atom stereocenters. The van der Waals surface area contributed by atoms with Gasteiger partial charge in [-0.15, -0.1) is 0 Å². The van der Waals surface area contributed by atoms with Gasteiger partial charge in [-0.25, -0.2) is 0 Å². The van der Waals surface area contributed by atoms with Crippen LogP contribution in [-0.2, 0) is 11.2 Å². The van der Waals surface area contributed by atoms with Crippen LogP contribution in [0.1, 0.15) is 44.7 Å². The zero-order valence-corrected chi connectivity index (χ0v) is 18.3. The Morgan fingerprint density at radius 3 is 2.78 bits per heavy atom. The van der Waals surface area contributed by atoms with E-state index in [1.54, 1.807) is 0 Å². The van der Waals surface area contributed by atoms with Gasteiger partial charge in [-0.3, -0.25) is 14.9 Å². The van der Waals surface area contributed by atoms with Gasteiger partial charge >= 0.3 is 0 Å². The van der Waals surface area contributed by atoms with E-state index in [1.165, 1.54) is 11.1 Å². The monoisotopic (exact) mass is 426 g/mol. The fourth-order valence-electron chi connectivity index (χ4n) is 4.32. The Kier molecular flexibility index (Phi) is 5.45. The maximum absolute atomic E-state index is 13.3. The van der Waals surface area contributed by atoms with Crippen molar-refractivity contribution in [3.05, 3.63) is 94.4 Å². The molecule has 0 saturated carbocycles. The number of ether oxygens (including phenoxy) is 1. The first kappa shape index (κ1) is 20.4. The van der Waals surface area contributed by atoms with Crippen molar-refractivity contribution in [1.29, 1.82) is 0 Å². The van der Waals surface area contributed by atoms with Gasteiger partial charge in [-0.2, -0.15) is 5.10 Å². The number of aromatic amines is 1. The molecule has 6 nitrogen and oxygen atoms in total. The van der Waals surface area contributed by atoms with E-state index in [-0.39, 0.29) is 12.0 Å². The van der Waals surface area contributed by atoms with Crippen LogP contribution >= 0.6 is 0 Å². The Balaban J connectivity index is 1.38. The minimum Gasteiger partial charge on any atom is -0.368 e. The third-order valence-corrected chi connectivity index (χ3v) is 5.89. The molecule has 1 aliphatic heterocycles. The van der Waals surface area contributed by atoms with Crippen LogP contribution in [0.15, 0.2) is 60.7 Å². The van der Waals surface area contributed by atoms with Crippen LogP contribution in [0.25, 0.3) is 10.9 Å². The van der Waals surface area contributed by atoms with Crippen molar-refractivity contribution in [3.63, 3.8) is 0 Å². The van der Waals surface area contributed by atoms with Gasteiger partial charge in [0, 0.05) is 17.6 Å². The second kappa shape index (κ2) is 8.55. The van der Waals surface area contributed by atoms with Crippen molar-refractivity contribution >= 4 is 16.8 Å². The molecule has 0 unspecified atom stereocenters. The van der Waals surface area contributed by atoms with E-state index in [1.807, 2.05) is 43.0 Å². The Bertz CT molecular complexity index is 1270. The lowest BCUT2D eigenvalue weighted by Crippen LogP contribution is -2.42. The number of H-pyrrole nitrogens is 1. The molecule has 1 N–H and O–H groups in total. The van der Waals surface area contributed by atoms with Gasteiger partial charge in [0.05, 0.1) is 24.4 Å². The predicted octanol–water partition coefficient (Wildman–Crippen LogP) is 4.38. The molecule has 4 aromatic rings. The first-order valence-corrected chi connectivity index (χ1v) is 10.9. The van der Waals surface area contributed by atoms with Crippen molar-refractivity contribution in [1.82, 2.24) is 20.1 Å². The summed E-state index contributed by atoms with van der Waals surface area (Å²) in [7, 11) is 0. The summed E-state index contributed by atoms with van der Waals surface area (Å²) in [6, 6.07) is 20.6. The van der Waals surface area contributed by atoms with E-state index in [0.717, 1.165) is 34.3 Å². The molecule has 3 heterocycles. The van der Waals surface area contributed by atoms with Crippen molar-refractivity contribution < 1.29 is 9.53 Å². The molecule has 0 spiro atoms. The first-order valence-electron chi connectivity index (χ1n) is 10.9. The number of aromatic nitrogens is 3. The predicted molar refractivity (Wildman–Crippen MR) is 124 cm³/mol. The van der Waals surface area contributed by atoms with Crippen LogP contribution in [0.5, 0.6) is 0 Å². The van der Waals surface area contributed by atoms with Crippen LogP contribution in [0.2, 0.25) is 0 Å². The average molecular weight is 427 g/mol. The number of aryl methyl sites for hydroxylation is 2. The highest BCUT2D eigenvalue weighted by Gasteiger charge is 2.29. The number of carbonyl (C=O) groups is 1. The number of benzene rings is 2. The molecule has 32 heavy (non-hydrogen) atoms. The van der Waals surface area contributed by atoms with Gasteiger partial charge in [0.2, 0.25) is 0 Å². The summed E-state index contributed by atoms with van der Waals surface area (Å²) in [6.45, 7) is 5.49. The van der Waals surface area contributed by atoms with Gasteiger partial charge < -0.3 is 9.64 Å². The molecule has 1 aliphatic rings. The fourth-order valence-corrected chi connectivity index (χ4v) is 4.32. The maximum Gasteiger partial charge on any atom is 0.275 e. The fraction of sp³-hybridized carbons (Fsp3) is 0.269. The van der Waals surface area contributed by atoms with Crippen molar-refractivity contribution in [3.8, 4) is 0 Å². The smallest absolute Gasteiger partial charge is 0.275 e. The van der Waals surface area contributed by atoms with Crippen molar-refractivity contribution in [2.45, 2.75) is 26.4 Å². The number of pyridine rings is 1. The van der Waals surface area contributed by atoms with E-state index in [2.05, 4.69) is 46.6 Å². The second-order valence-corrected chi connectivity index (χ2v) is 8.44. The van der Waals surface area contributed by atoms with Gasteiger partial charge in [-0.1, -0.05) is 42.0 Å². The summed E-state index contributed by atoms with van der Waals surface area (Å²) < 4.78 is 6.04. The summed E-state index contributed by atoms with van der Waals surface area (Å²) in [4.78, 5) is 19.9. The van der Waals surface area contributed by atoms with Gasteiger partial charge in [0.1, 0.15) is 6.10 Å². The number of morpholine rings is 1. The van der Waals surface area contributed by atoms with Crippen molar-refractivity contribution in [2.24, 2.45) is 0 Å². The number of rotatable bonds is 4. The number of hydrogen-bond donors (Lipinski definition) is 1. The van der Waals surface area contributed by atoms with Crippen LogP contribution < -0.4 is 0 Å². The third-order valence-electron chi connectivity index (χ3n) is 5.89. The van der Waals surface area contributed by atoms with Gasteiger partial charge in [-0.05, 0) is 55.7 Å². The molecule has 0 aliphatic carbocycles. The Labute approximate surface area is 187 Å². The lowest BCUT2D eigenvalue weighted by Gasteiger charge is -2.32. The maximum atomic E-state index is 13.3. The summed E-state index contributed by atoms with van der Waals surface area (Å²) in [6.07, 6.45) is 0.583. The molecule has 0 radical (unpaired) electrons. The molecular weight excluding hydrogens is 400 g/mol. The Morgan fingerprint density at radius 2 is 1.94 bits per heavy atom. The summed E-state index contributed by atoms with van der Waals surface area (Å²) in [5, 5.41) is 8.15. The van der Waals surface area contributed by atoms with E-state index in [0.29, 0.717) is 25.4 Å². The van der Waals surface area contributed by atoms with Crippen molar-refractivity contribution in [2.75, 3.05) is 19.7 Å². The molecule has 1 fully saturated rings. The van der Waals surface area contributed by atoms with E-state index < -0.39 is 0 Å². The normalized spacial score (nSPS) is 16.4. The number of nitrogens with one attached hydrogen (secondary N) is 1. The lowest BCUT2D eigenvalue weighted by atomic mass is 10.0. The molecule has 162 valence electrons. The molecule has 6 heteroatoms. The van der Waals surface area contributed by atoms with Crippen LogP contribution in [-0.4, -0.2) is 45.7 Å². The van der Waals surface area contributed by atoms with Gasteiger partial charge in [0.15, 0.2) is 5.69 Å². The summed E-state index contributed by atoms with van der Waals surface area (Å²) in [5.74, 6) is -0.0766. The Morgan fingerprint density at radius 1 is 1.09 bits per heavy atom. The highest BCUT2D eigenvalue weighted by molar-refractivity contribution is 6.04. The molecule has 0 bridgehead atoms. The van der Waals surface area contributed by atoms with E-state index in [9.17, 15) is 4.79 Å². The number of fused-ring (bicyclic) bond motifs is 1. The minimum absolute atomic E-state index is 0.0766. The Hall–Kier alpha value is -3.51. The number of nitrogens with zero attached hydrogens (tertiary/aromatic N) is 3. The zero-order chi connectivity index (χ0) is 22.1. The third kappa shape index (κ3) is 4.14. The molecular formula is C26H26N4O2. The minimum atomic E-state index is -0.255. The summed E-state index contributed by atoms with van der Waals surface area (Å²) in [5.41, 5.74) is 6.71. The average Bonchev–Trinajstić information content (AvgIpc) is 3.22. The highest BCUT2D eigenvalue weighted by atomic mass is 16.5. The van der Waals surface area contributed by atoms with Gasteiger partial charge in [0.25, 0.3) is 5.91 Å². The number of amides is 1. The van der Waals surface area contributed by atoms with Crippen LogP contribution in [0, 0.1) is 13.8 Å². The highest BCUT2D eigenvalue weighted by Crippen LogP contribution is 2.26. The molecule has 1 amide bonds. The lowest BCUT2D eigenvalue weighted by molar-refractivity contribution is -0.0249. The number of carbonyl (C=O) groups excluding carboxylic acids is 1. The molecule has 5 rings (SSSR count). The molecule has 2 aromatic heterocycles. The molecule has 2 aromatic carbocycles. The zero-order valence-electron chi connectivity index (χ0n) is 18.3. The second-order valence-electron chi connectivity index (χ2n) is 8.44. The van der Waals surface area contributed by atoms with Crippen LogP contribution in [0.4, 0.5) is 0 Å².